The summed E-state index contributed by atoms with van der Waals surface area (Å²) in [4.78, 5) is 4.76. The van der Waals surface area contributed by atoms with Crippen LogP contribution in [0, 0.1) is 0 Å². The zero-order valence-corrected chi connectivity index (χ0v) is 12.5. The van der Waals surface area contributed by atoms with Gasteiger partial charge in [0.1, 0.15) is 5.82 Å². The summed E-state index contributed by atoms with van der Waals surface area (Å²) in [7, 11) is -0.781. The standard InChI is InChI=1S/C13H23N3OS/c1-9(2)13-15-11-7-14-6-5-12(11)16(13)8-10(3)18(4)17/h9-10,14H,5-8H2,1-4H3. The number of nitrogens with one attached hydrogen (secondary N) is 1. The third-order valence-corrected chi connectivity index (χ3v) is 4.82. The molecule has 2 unspecified atom stereocenters. The molecule has 2 atom stereocenters. The number of hydrogen-bond acceptors (Lipinski definition) is 3. The van der Waals surface area contributed by atoms with Gasteiger partial charge in [0.15, 0.2) is 0 Å². The molecule has 4 nitrogen and oxygen atoms in total. The van der Waals surface area contributed by atoms with Gasteiger partial charge in [-0.15, -0.1) is 0 Å². The minimum atomic E-state index is -0.781. The van der Waals surface area contributed by atoms with E-state index in [1.807, 2.05) is 6.92 Å². The number of fused-ring (bicyclic) bond motifs is 1. The molecular formula is C13H23N3OS. The van der Waals surface area contributed by atoms with E-state index in [9.17, 15) is 4.21 Å². The largest absolute Gasteiger partial charge is 0.330 e. The van der Waals surface area contributed by atoms with Crippen LogP contribution in [0.4, 0.5) is 0 Å². The topological polar surface area (TPSA) is 46.9 Å². The van der Waals surface area contributed by atoms with Gasteiger partial charge in [-0.1, -0.05) is 13.8 Å². The Hall–Kier alpha value is -0.680. The van der Waals surface area contributed by atoms with Crippen molar-refractivity contribution in [2.75, 3.05) is 12.8 Å². The molecule has 1 N–H and O–H groups in total. The predicted molar refractivity (Wildman–Crippen MR) is 75.3 cm³/mol. The molecule has 2 rings (SSSR count). The fraction of sp³-hybridized carbons (Fsp3) is 0.769. The summed E-state index contributed by atoms with van der Waals surface area (Å²) < 4.78 is 13.9. The van der Waals surface area contributed by atoms with Gasteiger partial charge in [-0.3, -0.25) is 4.21 Å². The summed E-state index contributed by atoms with van der Waals surface area (Å²) >= 11 is 0. The Bertz CT molecular complexity index is 453. The van der Waals surface area contributed by atoms with Crippen molar-refractivity contribution in [2.45, 2.75) is 51.4 Å². The smallest absolute Gasteiger partial charge is 0.111 e. The van der Waals surface area contributed by atoms with Crippen LogP contribution in [0.5, 0.6) is 0 Å². The quantitative estimate of drug-likeness (QED) is 0.899. The number of aromatic nitrogens is 2. The fourth-order valence-corrected chi connectivity index (χ4v) is 2.76. The van der Waals surface area contributed by atoms with E-state index >= 15 is 0 Å². The molecule has 5 heteroatoms. The van der Waals surface area contributed by atoms with E-state index in [2.05, 4.69) is 23.7 Å². The maximum Gasteiger partial charge on any atom is 0.111 e. The Kier molecular flexibility index (Phi) is 4.22. The molecule has 18 heavy (non-hydrogen) atoms. The molecule has 0 fully saturated rings. The van der Waals surface area contributed by atoms with E-state index in [4.69, 9.17) is 4.98 Å². The fourth-order valence-electron chi connectivity index (χ4n) is 2.40. The predicted octanol–water partition coefficient (Wildman–Crippen LogP) is 1.42. The second-order valence-corrected chi connectivity index (χ2v) is 7.17. The molecule has 0 radical (unpaired) electrons. The van der Waals surface area contributed by atoms with E-state index in [-0.39, 0.29) is 5.25 Å². The SMILES string of the molecule is CC(C)c1nc2c(n1CC(C)S(C)=O)CCNC2. The summed E-state index contributed by atoms with van der Waals surface area (Å²) in [6.45, 7) is 9.09. The first-order chi connectivity index (χ1) is 8.50. The van der Waals surface area contributed by atoms with Gasteiger partial charge >= 0.3 is 0 Å². The normalized spacial score (nSPS) is 18.7. The van der Waals surface area contributed by atoms with E-state index in [0.29, 0.717) is 5.92 Å². The van der Waals surface area contributed by atoms with Crippen LogP contribution < -0.4 is 5.32 Å². The molecule has 0 aliphatic carbocycles. The minimum absolute atomic E-state index is 0.177. The molecule has 0 aromatic carbocycles. The average molecular weight is 269 g/mol. The lowest BCUT2D eigenvalue weighted by Gasteiger charge is -2.19. The van der Waals surface area contributed by atoms with Crippen molar-refractivity contribution in [1.82, 2.24) is 14.9 Å². The van der Waals surface area contributed by atoms with Crippen LogP contribution in [-0.4, -0.2) is 31.8 Å². The Morgan fingerprint density at radius 1 is 1.44 bits per heavy atom. The van der Waals surface area contributed by atoms with Crippen LogP contribution in [0.2, 0.25) is 0 Å². The zero-order chi connectivity index (χ0) is 13.3. The summed E-state index contributed by atoms with van der Waals surface area (Å²) in [5.41, 5.74) is 2.52. The molecule has 2 heterocycles. The van der Waals surface area contributed by atoms with Crippen LogP contribution in [0.3, 0.4) is 0 Å². The molecule has 0 saturated heterocycles. The highest BCUT2D eigenvalue weighted by Crippen LogP contribution is 2.22. The van der Waals surface area contributed by atoms with E-state index in [0.717, 1.165) is 31.9 Å². The number of hydrogen-bond donors (Lipinski definition) is 1. The van der Waals surface area contributed by atoms with Crippen molar-refractivity contribution < 1.29 is 4.21 Å². The maximum atomic E-state index is 11.6. The van der Waals surface area contributed by atoms with Crippen molar-refractivity contribution in [3.05, 3.63) is 17.2 Å². The lowest BCUT2D eigenvalue weighted by atomic mass is 10.1. The molecule has 1 aromatic heterocycles. The highest BCUT2D eigenvalue weighted by molar-refractivity contribution is 7.84. The molecular weight excluding hydrogens is 246 g/mol. The van der Waals surface area contributed by atoms with E-state index in [1.54, 1.807) is 6.26 Å². The molecule has 102 valence electrons. The van der Waals surface area contributed by atoms with Gasteiger partial charge in [0.05, 0.1) is 5.69 Å². The molecule has 0 saturated carbocycles. The zero-order valence-electron chi connectivity index (χ0n) is 11.7. The summed E-state index contributed by atoms with van der Waals surface area (Å²) in [5.74, 6) is 1.55. The van der Waals surface area contributed by atoms with Crippen LogP contribution in [0.1, 0.15) is 43.9 Å². The van der Waals surface area contributed by atoms with Gasteiger partial charge in [-0.25, -0.2) is 4.98 Å². The van der Waals surface area contributed by atoms with Crippen LogP contribution >= 0.6 is 0 Å². The Morgan fingerprint density at radius 3 is 2.78 bits per heavy atom. The van der Waals surface area contributed by atoms with Crippen molar-refractivity contribution in [3.63, 3.8) is 0 Å². The van der Waals surface area contributed by atoms with Crippen molar-refractivity contribution in [1.29, 1.82) is 0 Å². The minimum Gasteiger partial charge on any atom is -0.330 e. The van der Waals surface area contributed by atoms with Gasteiger partial charge in [-0.05, 0) is 6.92 Å². The van der Waals surface area contributed by atoms with Gasteiger partial charge in [0.2, 0.25) is 0 Å². The van der Waals surface area contributed by atoms with Gasteiger partial charge < -0.3 is 9.88 Å². The third-order valence-electron chi connectivity index (χ3n) is 3.54. The monoisotopic (exact) mass is 269 g/mol. The second kappa shape index (κ2) is 5.53. The number of nitrogens with zero attached hydrogens (tertiary/aromatic N) is 2. The summed E-state index contributed by atoms with van der Waals surface area (Å²) in [6.07, 6.45) is 2.81. The maximum absolute atomic E-state index is 11.6. The first-order valence-corrected chi connectivity index (χ1v) is 8.24. The first kappa shape index (κ1) is 13.7. The van der Waals surface area contributed by atoms with Gasteiger partial charge in [0, 0.05) is 60.0 Å². The summed E-state index contributed by atoms with van der Waals surface area (Å²) in [5, 5.41) is 3.54. The highest BCUT2D eigenvalue weighted by Gasteiger charge is 2.22. The van der Waals surface area contributed by atoms with Crippen LogP contribution in [0.25, 0.3) is 0 Å². The molecule has 0 spiro atoms. The Balaban J connectivity index is 2.36. The second-order valence-electron chi connectivity index (χ2n) is 5.36. The lowest BCUT2D eigenvalue weighted by Crippen LogP contribution is -2.27. The van der Waals surface area contributed by atoms with E-state index < -0.39 is 10.8 Å². The Morgan fingerprint density at radius 2 is 2.17 bits per heavy atom. The Labute approximate surface area is 112 Å². The van der Waals surface area contributed by atoms with Gasteiger partial charge in [-0.2, -0.15) is 0 Å². The van der Waals surface area contributed by atoms with Crippen molar-refractivity contribution in [3.8, 4) is 0 Å². The summed E-state index contributed by atoms with van der Waals surface area (Å²) in [6, 6.07) is 0. The number of rotatable bonds is 4. The molecule has 1 aliphatic rings. The van der Waals surface area contributed by atoms with Crippen molar-refractivity contribution >= 4 is 10.8 Å². The molecule has 0 amide bonds. The van der Waals surface area contributed by atoms with Crippen LogP contribution in [-0.2, 0) is 30.3 Å². The number of imidazole rings is 1. The van der Waals surface area contributed by atoms with E-state index in [1.165, 1.54) is 11.4 Å². The van der Waals surface area contributed by atoms with Crippen molar-refractivity contribution in [2.24, 2.45) is 0 Å². The van der Waals surface area contributed by atoms with Gasteiger partial charge in [0.25, 0.3) is 0 Å². The third kappa shape index (κ3) is 2.67. The molecule has 1 aliphatic heterocycles. The molecule has 0 bridgehead atoms. The first-order valence-electron chi connectivity index (χ1n) is 6.61. The average Bonchev–Trinajstić information content (AvgIpc) is 2.68. The van der Waals surface area contributed by atoms with Crippen LogP contribution in [0.15, 0.2) is 0 Å². The molecule has 1 aromatic rings. The lowest BCUT2D eigenvalue weighted by molar-refractivity contribution is 0.560. The highest BCUT2D eigenvalue weighted by atomic mass is 32.2.